The van der Waals surface area contributed by atoms with Gasteiger partial charge in [0.1, 0.15) is 5.84 Å². The quantitative estimate of drug-likeness (QED) is 0.661. The standard InChI is InChI=1S/C13H20N6O/c1-5-19(4)12(20)10-6-15-13(16-7-10)18-11(9(2)3)17-8-14/h6-9H,5H2,1-4H3,(H2,14,15,16,17,18). The third-order valence-electron chi connectivity index (χ3n) is 2.64. The Morgan fingerprint density at radius 1 is 1.45 bits per heavy atom. The van der Waals surface area contributed by atoms with Crippen molar-refractivity contribution < 1.29 is 4.79 Å². The van der Waals surface area contributed by atoms with E-state index < -0.39 is 0 Å². The zero-order chi connectivity index (χ0) is 15.1. The summed E-state index contributed by atoms with van der Waals surface area (Å²) in [6.07, 6.45) is 4.11. The first kappa shape index (κ1) is 15.7. The van der Waals surface area contributed by atoms with Crippen LogP contribution in [0.25, 0.3) is 0 Å². The van der Waals surface area contributed by atoms with E-state index in [4.69, 9.17) is 5.73 Å². The van der Waals surface area contributed by atoms with Crippen molar-refractivity contribution in [2.45, 2.75) is 20.8 Å². The summed E-state index contributed by atoms with van der Waals surface area (Å²) in [6.45, 7) is 6.42. The zero-order valence-electron chi connectivity index (χ0n) is 12.2. The van der Waals surface area contributed by atoms with Gasteiger partial charge >= 0.3 is 0 Å². The Bertz CT molecular complexity index is 506. The molecule has 0 spiro atoms. The zero-order valence-corrected chi connectivity index (χ0v) is 12.2. The first-order valence-corrected chi connectivity index (χ1v) is 6.39. The molecule has 7 nitrogen and oxygen atoms in total. The van der Waals surface area contributed by atoms with Crippen LogP contribution >= 0.6 is 0 Å². The lowest BCUT2D eigenvalue weighted by molar-refractivity contribution is 0.0801. The average Bonchev–Trinajstić information content (AvgIpc) is 2.45. The van der Waals surface area contributed by atoms with E-state index >= 15 is 0 Å². The molecule has 0 saturated heterocycles. The molecule has 0 atom stereocenters. The highest BCUT2D eigenvalue weighted by atomic mass is 16.2. The van der Waals surface area contributed by atoms with Crippen molar-refractivity contribution >= 4 is 24.0 Å². The van der Waals surface area contributed by atoms with Crippen molar-refractivity contribution in [3.63, 3.8) is 0 Å². The first-order valence-electron chi connectivity index (χ1n) is 6.39. The normalized spacial score (nSPS) is 12.2. The third kappa shape index (κ3) is 4.11. The molecule has 1 heterocycles. The fourth-order valence-corrected chi connectivity index (χ4v) is 1.34. The van der Waals surface area contributed by atoms with Crippen LogP contribution in [0.3, 0.4) is 0 Å². The monoisotopic (exact) mass is 276 g/mol. The highest BCUT2D eigenvalue weighted by Gasteiger charge is 2.11. The maximum Gasteiger partial charge on any atom is 0.256 e. The van der Waals surface area contributed by atoms with E-state index in [2.05, 4.69) is 20.0 Å². The van der Waals surface area contributed by atoms with Crippen molar-refractivity contribution in [1.82, 2.24) is 14.9 Å². The van der Waals surface area contributed by atoms with Gasteiger partial charge in [0, 0.05) is 31.9 Å². The van der Waals surface area contributed by atoms with Crippen molar-refractivity contribution in [3.8, 4) is 0 Å². The molecule has 0 fully saturated rings. The van der Waals surface area contributed by atoms with Crippen LogP contribution in [0.1, 0.15) is 31.1 Å². The molecule has 0 unspecified atom stereocenters. The number of hydrogen-bond donors (Lipinski definition) is 1. The summed E-state index contributed by atoms with van der Waals surface area (Å²) < 4.78 is 0. The maximum absolute atomic E-state index is 11.9. The first-order chi connectivity index (χ1) is 9.49. The van der Waals surface area contributed by atoms with Crippen molar-refractivity contribution in [2.24, 2.45) is 21.6 Å². The van der Waals surface area contributed by atoms with E-state index in [1.165, 1.54) is 18.7 Å². The SMILES string of the molecule is CCN(C)C(=O)c1cnc(/N=C(/N=CN)C(C)C)nc1. The van der Waals surface area contributed by atoms with Crippen LogP contribution in [0.5, 0.6) is 0 Å². The Morgan fingerprint density at radius 3 is 2.50 bits per heavy atom. The molecule has 0 aliphatic rings. The van der Waals surface area contributed by atoms with Gasteiger partial charge < -0.3 is 10.6 Å². The number of amidine groups is 1. The molecule has 7 heteroatoms. The van der Waals surface area contributed by atoms with Gasteiger partial charge in [0.15, 0.2) is 0 Å². The smallest absolute Gasteiger partial charge is 0.256 e. The number of amides is 1. The van der Waals surface area contributed by atoms with Crippen LogP contribution in [0.2, 0.25) is 0 Å². The number of carbonyl (C=O) groups is 1. The summed E-state index contributed by atoms with van der Waals surface area (Å²) in [5, 5.41) is 0. The van der Waals surface area contributed by atoms with E-state index in [9.17, 15) is 4.79 Å². The second kappa shape index (κ2) is 7.32. The summed E-state index contributed by atoms with van der Waals surface area (Å²) in [7, 11) is 1.72. The number of nitrogens with two attached hydrogens (primary N) is 1. The van der Waals surface area contributed by atoms with Crippen LogP contribution in [-0.4, -0.2) is 46.5 Å². The van der Waals surface area contributed by atoms with E-state index in [1.807, 2.05) is 20.8 Å². The van der Waals surface area contributed by atoms with Crippen LogP contribution in [0, 0.1) is 5.92 Å². The molecule has 0 radical (unpaired) electrons. The predicted octanol–water partition coefficient (Wildman–Crippen LogP) is 1.24. The fraction of sp³-hybridized carbons (Fsp3) is 0.462. The van der Waals surface area contributed by atoms with Crippen molar-refractivity contribution in [3.05, 3.63) is 18.0 Å². The van der Waals surface area contributed by atoms with Gasteiger partial charge in [-0.25, -0.2) is 15.0 Å². The van der Waals surface area contributed by atoms with Gasteiger partial charge in [0.25, 0.3) is 11.9 Å². The van der Waals surface area contributed by atoms with Crippen LogP contribution in [-0.2, 0) is 0 Å². The molecule has 1 aromatic rings. The number of aliphatic imine (C=N–C) groups is 2. The number of carbonyl (C=O) groups excluding carboxylic acids is 1. The average molecular weight is 276 g/mol. The topological polar surface area (TPSA) is 96.8 Å². The number of aromatic nitrogens is 2. The van der Waals surface area contributed by atoms with Crippen LogP contribution in [0.15, 0.2) is 22.4 Å². The minimum Gasteiger partial charge on any atom is -0.390 e. The molecule has 1 amide bonds. The second-order valence-electron chi connectivity index (χ2n) is 4.49. The summed E-state index contributed by atoms with van der Waals surface area (Å²) in [4.78, 5) is 29.8. The number of rotatable bonds is 4. The Morgan fingerprint density at radius 2 is 2.05 bits per heavy atom. The van der Waals surface area contributed by atoms with Crippen molar-refractivity contribution in [1.29, 1.82) is 0 Å². The van der Waals surface area contributed by atoms with Crippen molar-refractivity contribution in [2.75, 3.05) is 13.6 Å². The van der Waals surface area contributed by atoms with E-state index in [-0.39, 0.29) is 17.8 Å². The molecule has 1 aromatic heterocycles. The highest BCUT2D eigenvalue weighted by molar-refractivity contribution is 5.94. The summed E-state index contributed by atoms with van der Waals surface area (Å²) in [5.41, 5.74) is 5.70. The lowest BCUT2D eigenvalue weighted by Crippen LogP contribution is -2.26. The van der Waals surface area contributed by atoms with E-state index in [0.717, 1.165) is 0 Å². The Hall–Kier alpha value is -2.31. The van der Waals surface area contributed by atoms with Crippen LogP contribution < -0.4 is 5.73 Å². The fourth-order valence-electron chi connectivity index (χ4n) is 1.34. The third-order valence-corrected chi connectivity index (χ3v) is 2.64. The number of hydrogen-bond acceptors (Lipinski definition) is 4. The lowest BCUT2D eigenvalue weighted by atomic mass is 10.2. The van der Waals surface area contributed by atoms with Gasteiger partial charge in [-0.1, -0.05) is 13.8 Å². The molecule has 2 N–H and O–H groups in total. The molecule has 0 aromatic carbocycles. The molecule has 0 aliphatic heterocycles. The Balaban J connectivity index is 2.96. The minimum absolute atomic E-state index is 0.103. The minimum atomic E-state index is -0.118. The van der Waals surface area contributed by atoms with Gasteiger partial charge in [0.05, 0.1) is 11.9 Å². The molecular weight excluding hydrogens is 256 g/mol. The molecule has 20 heavy (non-hydrogen) atoms. The molecule has 0 bridgehead atoms. The molecule has 0 saturated carbocycles. The summed E-state index contributed by atoms with van der Waals surface area (Å²) >= 11 is 0. The molecule has 1 rings (SSSR count). The predicted molar refractivity (Wildman–Crippen MR) is 79.3 cm³/mol. The van der Waals surface area contributed by atoms with Gasteiger partial charge in [0.2, 0.25) is 0 Å². The Labute approximate surface area is 118 Å². The summed E-state index contributed by atoms with van der Waals surface area (Å²) in [6, 6.07) is 0. The van der Waals surface area contributed by atoms with Crippen LogP contribution in [0.4, 0.5) is 5.95 Å². The molecule has 108 valence electrons. The number of nitrogens with zero attached hydrogens (tertiary/aromatic N) is 5. The second-order valence-corrected chi connectivity index (χ2v) is 4.49. The van der Waals surface area contributed by atoms with Gasteiger partial charge in [-0.05, 0) is 6.92 Å². The Kier molecular flexibility index (Phi) is 5.76. The van der Waals surface area contributed by atoms with E-state index in [0.29, 0.717) is 17.9 Å². The molecular formula is C13H20N6O. The highest BCUT2D eigenvalue weighted by Crippen LogP contribution is 2.09. The van der Waals surface area contributed by atoms with Gasteiger partial charge in [-0.15, -0.1) is 0 Å². The summed E-state index contributed by atoms with van der Waals surface area (Å²) in [5.74, 6) is 0.783. The molecule has 0 aliphatic carbocycles. The van der Waals surface area contributed by atoms with E-state index in [1.54, 1.807) is 11.9 Å². The van der Waals surface area contributed by atoms with Gasteiger partial charge in [-0.2, -0.15) is 4.99 Å². The largest absolute Gasteiger partial charge is 0.390 e. The maximum atomic E-state index is 11.9. The van der Waals surface area contributed by atoms with Gasteiger partial charge in [-0.3, -0.25) is 4.79 Å². The lowest BCUT2D eigenvalue weighted by Gasteiger charge is -2.13.